The lowest BCUT2D eigenvalue weighted by Crippen LogP contribution is -2.30. The second kappa shape index (κ2) is 11.6. The average Bonchev–Trinajstić information content (AvgIpc) is 2.77. The van der Waals surface area contributed by atoms with Gasteiger partial charge >= 0.3 is 0 Å². The summed E-state index contributed by atoms with van der Waals surface area (Å²) in [5.74, 6) is -0.520. The summed E-state index contributed by atoms with van der Waals surface area (Å²) in [5, 5.41) is 22.6. The molecule has 0 radical (unpaired) electrons. The number of anilines is 1. The van der Waals surface area contributed by atoms with Crippen molar-refractivity contribution >= 4 is 24.3 Å². The van der Waals surface area contributed by atoms with Crippen molar-refractivity contribution in [2.45, 2.75) is 64.1 Å². The molecule has 0 saturated carbocycles. The third-order valence-electron chi connectivity index (χ3n) is 5.72. The van der Waals surface area contributed by atoms with Crippen LogP contribution >= 0.6 is 0 Å². The molecule has 0 bridgehead atoms. The Morgan fingerprint density at radius 2 is 1.97 bits per heavy atom. The van der Waals surface area contributed by atoms with Gasteiger partial charge in [0.25, 0.3) is 0 Å². The van der Waals surface area contributed by atoms with E-state index in [2.05, 4.69) is 22.5 Å². The molecular formula is C23H30FN3O5S. The quantitative estimate of drug-likeness (QED) is 0.552. The summed E-state index contributed by atoms with van der Waals surface area (Å²) >= 11 is 2.83. The smallest absolute Gasteiger partial charge is 0.250 e. The van der Waals surface area contributed by atoms with Crippen molar-refractivity contribution in [1.82, 2.24) is 9.97 Å². The summed E-state index contributed by atoms with van der Waals surface area (Å²) in [5.41, 5.74) is 3.78. The minimum absolute atomic E-state index is 0.0244. The molecule has 10 heteroatoms. The lowest BCUT2D eigenvalue weighted by atomic mass is 9.75. The zero-order chi connectivity index (χ0) is 24.9. The highest BCUT2D eigenvalue weighted by Crippen LogP contribution is 2.44. The van der Waals surface area contributed by atoms with E-state index in [-0.39, 0.29) is 24.5 Å². The molecular weight excluding hydrogens is 449 g/mol. The van der Waals surface area contributed by atoms with Crippen molar-refractivity contribution in [3.8, 4) is 11.3 Å². The largest absolute Gasteiger partial charge is 0.393 e. The molecule has 0 amide bonds. The van der Waals surface area contributed by atoms with Gasteiger partial charge in [0, 0.05) is 36.9 Å². The van der Waals surface area contributed by atoms with Crippen molar-refractivity contribution < 1.29 is 28.4 Å². The molecule has 3 atom stereocenters. The molecule has 2 aromatic rings. The van der Waals surface area contributed by atoms with Gasteiger partial charge in [0.15, 0.2) is 12.5 Å². The first kappa shape index (κ1) is 26.8. The predicted molar refractivity (Wildman–Crippen MR) is 123 cm³/mol. The maximum atomic E-state index is 14.2. The fourth-order valence-corrected chi connectivity index (χ4v) is 4.20. The Morgan fingerprint density at radius 1 is 1.30 bits per heavy atom. The van der Waals surface area contributed by atoms with Crippen molar-refractivity contribution in [3.63, 3.8) is 0 Å². The molecule has 1 heterocycles. The highest BCUT2D eigenvalue weighted by molar-refractivity contribution is 7.44. The number of halogens is 1. The van der Waals surface area contributed by atoms with Gasteiger partial charge < -0.3 is 10.2 Å². The molecule has 1 aliphatic carbocycles. The Hall–Kier alpha value is -2.40. The van der Waals surface area contributed by atoms with E-state index < -0.39 is 23.9 Å². The molecule has 1 aromatic heterocycles. The summed E-state index contributed by atoms with van der Waals surface area (Å²) in [7, 11) is 3.24. The zero-order valence-electron chi connectivity index (χ0n) is 19.4. The maximum absolute atomic E-state index is 14.2. The van der Waals surface area contributed by atoms with Crippen LogP contribution in [-0.2, 0) is 28.6 Å². The van der Waals surface area contributed by atoms with E-state index in [0.717, 1.165) is 16.8 Å². The Bertz CT molecular complexity index is 991. The molecule has 2 N–H and O–H groups in total. The summed E-state index contributed by atoms with van der Waals surface area (Å²) in [4.78, 5) is 25.9. The van der Waals surface area contributed by atoms with Crippen LogP contribution in [0, 0.1) is 5.82 Å². The first-order valence-electron chi connectivity index (χ1n) is 10.6. The first-order valence-corrected chi connectivity index (χ1v) is 11.0. The number of aromatic nitrogens is 2. The van der Waals surface area contributed by atoms with Crippen LogP contribution in [0.15, 0.2) is 18.2 Å². The van der Waals surface area contributed by atoms with Crippen LogP contribution < -0.4 is 5.06 Å². The van der Waals surface area contributed by atoms with E-state index in [1.165, 1.54) is 31.2 Å². The third kappa shape index (κ3) is 6.14. The number of carbonyl (C=O) groups is 1. The molecule has 0 unspecified atom stereocenters. The molecule has 3 rings (SSSR count). The van der Waals surface area contributed by atoms with Gasteiger partial charge in [-0.25, -0.2) is 19.4 Å². The lowest BCUT2D eigenvalue weighted by Gasteiger charge is -2.33. The number of benzene rings is 1. The lowest BCUT2D eigenvalue weighted by molar-refractivity contribution is -0.119. The van der Waals surface area contributed by atoms with Crippen LogP contribution in [0.2, 0.25) is 0 Å². The van der Waals surface area contributed by atoms with E-state index in [0.29, 0.717) is 23.6 Å². The first-order chi connectivity index (χ1) is 15.6. The molecule has 8 nitrogen and oxygen atoms in total. The van der Waals surface area contributed by atoms with Gasteiger partial charge in [-0.05, 0) is 43.0 Å². The number of ketones is 1. The molecule has 0 fully saturated rings. The molecule has 1 aromatic carbocycles. The topological polar surface area (TPSA) is 113 Å². The second-order valence-corrected chi connectivity index (χ2v) is 8.48. The highest BCUT2D eigenvalue weighted by atomic mass is 32.1. The minimum Gasteiger partial charge on any atom is -0.393 e. The minimum atomic E-state index is -0.954. The second-order valence-electron chi connectivity index (χ2n) is 8.48. The predicted octanol–water partition coefficient (Wildman–Crippen LogP) is 2.80. The standard InChI is InChI=1S/C23H30FN3O4.OS/c1-12(2)21-19-11-18(20(30)10-15(29)8-13(3)28)17-9-14(24)6-7-16(17)22(19)26-23(25-21)27(4)31-5;1-2/h6-7,9,12,15,18,20,29-30H,8,10-11H2,1-5H3;/t15-,18+,20-;/m0./s1. The van der Waals surface area contributed by atoms with Gasteiger partial charge in [0.1, 0.15) is 11.6 Å². The number of hydroxylamine groups is 1. The number of aliphatic hydroxyl groups excluding tert-OH is 2. The van der Waals surface area contributed by atoms with Crippen molar-refractivity contribution in [1.29, 1.82) is 0 Å². The molecule has 33 heavy (non-hydrogen) atoms. The number of nitrogens with zero attached hydrogens (tertiary/aromatic N) is 3. The normalized spacial score (nSPS) is 16.2. The fourth-order valence-electron chi connectivity index (χ4n) is 4.20. The molecule has 0 spiro atoms. The summed E-state index contributed by atoms with van der Waals surface area (Å²) in [6.45, 7) is 5.46. The number of Topliss-reactive ketones (excluding diaryl/α,β-unsaturated/α-hetero) is 1. The van der Waals surface area contributed by atoms with Gasteiger partial charge in [-0.15, -0.1) is 0 Å². The number of aliphatic hydroxyl groups is 2. The fraction of sp³-hybridized carbons (Fsp3) is 0.522. The van der Waals surface area contributed by atoms with Crippen LogP contribution in [0.1, 0.15) is 62.3 Å². The van der Waals surface area contributed by atoms with Crippen molar-refractivity contribution in [2.75, 3.05) is 19.2 Å². The van der Waals surface area contributed by atoms with E-state index >= 15 is 0 Å². The molecule has 1 aliphatic rings. The van der Waals surface area contributed by atoms with Gasteiger partial charge in [-0.1, -0.05) is 13.8 Å². The van der Waals surface area contributed by atoms with Gasteiger partial charge in [0.05, 0.1) is 30.7 Å². The zero-order valence-corrected chi connectivity index (χ0v) is 20.2. The van der Waals surface area contributed by atoms with Gasteiger partial charge in [-0.2, -0.15) is 4.21 Å². The Labute approximate surface area is 198 Å². The summed E-state index contributed by atoms with van der Waals surface area (Å²) in [6, 6.07) is 4.46. The number of carbonyl (C=O) groups excluding carboxylic acids is 1. The van der Waals surface area contributed by atoms with Gasteiger partial charge in [0.2, 0.25) is 5.95 Å². The number of hydrogen-bond donors (Lipinski definition) is 2. The summed E-state index contributed by atoms with van der Waals surface area (Å²) in [6.07, 6.45) is -1.50. The van der Waals surface area contributed by atoms with Crippen LogP contribution in [0.5, 0.6) is 0 Å². The SMILES string of the molecule is CON(C)c1nc2c(c(C(C)C)n1)C[C@@H]([C@@H](O)C[C@@H](O)CC(C)=O)c1cc(F)ccc1-2.O=S. The Kier molecular flexibility index (Phi) is 9.47. The van der Waals surface area contributed by atoms with Crippen molar-refractivity contribution in [3.05, 3.63) is 40.8 Å². The van der Waals surface area contributed by atoms with Crippen LogP contribution in [-0.4, -0.2) is 56.5 Å². The Morgan fingerprint density at radius 3 is 2.55 bits per heavy atom. The number of fused-ring (bicyclic) bond motifs is 3. The van der Waals surface area contributed by atoms with E-state index in [9.17, 15) is 19.4 Å². The maximum Gasteiger partial charge on any atom is 0.250 e. The molecule has 0 saturated heterocycles. The van der Waals surface area contributed by atoms with Crippen LogP contribution in [0.3, 0.4) is 0 Å². The third-order valence-corrected chi connectivity index (χ3v) is 5.72. The van der Waals surface area contributed by atoms with Crippen LogP contribution in [0.25, 0.3) is 11.3 Å². The van der Waals surface area contributed by atoms with E-state index in [4.69, 9.17) is 9.05 Å². The molecule has 180 valence electrons. The highest BCUT2D eigenvalue weighted by Gasteiger charge is 2.35. The van der Waals surface area contributed by atoms with E-state index in [1.54, 1.807) is 13.1 Å². The Balaban J connectivity index is 0.00000187. The summed E-state index contributed by atoms with van der Waals surface area (Å²) < 4.78 is 22.0. The van der Waals surface area contributed by atoms with E-state index in [1.807, 2.05) is 13.8 Å². The number of rotatable bonds is 8. The van der Waals surface area contributed by atoms with Crippen LogP contribution in [0.4, 0.5) is 10.3 Å². The monoisotopic (exact) mass is 479 g/mol. The van der Waals surface area contributed by atoms with Crippen molar-refractivity contribution in [2.24, 2.45) is 0 Å². The van der Waals surface area contributed by atoms with Gasteiger partial charge in [-0.3, -0.25) is 9.63 Å². The molecule has 0 aliphatic heterocycles. The average molecular weight is 480 g/mol. The number of hydrogen-bond acceptors (Lipinski definition) is 9.